The molecular weight excluding hydrogens is 262 g/mol. The fraction of sp³-hybridized carbons (Fsp3) is 0.300. The Hall–Kier alpha value is -1.23. The van der Waals surface area contributed by atoms with Crippen molar-refractivity contribution in [2.45, 2.75) is 6.92 Å². The summed E-state index contributed by atoms with van der Waals surface area (Å²) in [6.07, 6.45) is 0. The van der Waals surface area contributed by atoms with Gasteiger partial charge < -0.3 is 15.2 Å². The first kappa shape index (κ1) is 11.8. The van der Waals surface area contributed by atoms with Gasteiger partial charge in [-0.3, -0.25) is 0 Å². The minimum atomic E-state index is -0.400. The number of benzene rings is 1. The van der Waals surface area contributed by atoms with Crippen molar-refractivity contribution < 1.29 is 14.3 Å². The number of rotatable bonds is 3. The molecule has 82 valence electrons. The van der Waals surface area contributed by atoms with E-state index in [-0.39, 0.29) is 0 Å². The summed E-state index contributed by atoms with van der Waals surface area (Å²) in [4.78, 5) is 11.5. The van der Waals surface area contributed by atoms with Gasteiger partial charge in [-0.1, -0.05) is 0 Å². The summed E-state index contributed by atoms with van der Waals surface area (Å²) in [5.74, 6) is 0.0447. The molecule has 0 unspecified atom stereocenters. The number of methoxy groups -OCH3 is 1. The van der Waals surface area contributed by atoms with Crippen LogP contribution >= 0.6 is 15.9 Å². The summed E-state index contributed by atoms with van der Waals surface area (Å²) in [7, 11) is 1.49. The van der Waals surface area contributed by atoms with Gasteiger partial charge in [0.2, 0.25) is 0 Å². The summed E-state index contributed by atoms with van der Waals surface area (Å²) in [6.45, 7) is 2.08. The van der Waals surface area contributed by atoms with Crippen LogP contribution in [0, 0.1) is 0 Å². The van der Waals surface area contributed by atoms with E-state index in [2.05, 4.69) is 15.9 Å². The van der Waals surface area contributed by atoms with Crippen molar-refractivity contribution in [3.05, 3.63) is 22.2 Å². The van der Waals surface area contributed by atoms with E-state index in [0.717, 1.165) is 0 Å². The average molecular weight is 274 g/mol. The number of carbonyl (C=O) groups excluding carboxylic acids is 1. The molecule has 0 fully saturated rings. The Bertz CT molecular complexity index is 379. The van der Waals surface area contributed by atoms with E-state index in [1.54, 1.807) is 19.1 Å². The van der Waals surface area contributed by atoms with Crippen LogP contribution in [0.15, 0.2) is 16.6 Å². The van der Waals surface area contributed by atoms with Crippen molar-refractivity contribution in [2.24, 2.45) is 0 Å². The van der Waals surface area contributed by atoms with Gasteiger partial charge in [0.05, 0.1) is 29.4 Å². The van der Waals surface area contributed by atoms with E-state index in [0.29, 0.717) is 28.1 Å². The molecular formula is C10H12BrNO3. The smallest absolute Gasteiger partial charge is 0.339 e. The van der Waals surface area contributed by atoms with Crippen LogP contribution in [0.2, 0.25) is 0 Å². The predicted octanol–water partition coefficient (Wildman–Crippen LogP) is 2.22. The summed E-state index contributed by atoms with van der Waals surface area (Å²) in [5, 5.41) is 0. The highest BCUT2D eigenvalue weighted by Crippen LogP contribution is 2.34. The molecule has 0 saturated carbocycles. The second kappa shape index (κ2) is 5.02. The van der Waals surface area contributed by atoms with Crippen molar-refractivity contribution >= 4 is 27.6 Å². The monoisotopic (exact) mass is 273 g/mol. The van der Waals surface area contributed by atoms with Gasteiger partial charge in [0.25, 0.3) is 0 Å². The van der Waals surface area contributed by atoms with Crippen LogP contribution in [0.5, 0.6) is 5.75 Å². The topological polar surface area (TPSA) is 61.5 Å². The largest absolute Gasteiger partial charge is 0.493 e. The summed E-state index contributed by atoms with van der Waals surface area (Å²) < 4.78 is 10.5. The van der Waals surface area contributed by atoms with Crippen molar-refractivity contribution in [3.8, 4) is 5.75 Å². The molecule has 0 aliphatic rings. The molecule has 2 N–H and O–H groups in total. The van der Waals surface area contributed by atoms with Gasteiger partial charge in [-0.2, -0.15) is 0 Å². The fourth-order valence-corrected chi connectivity index (χ4v) is 1.83. The van der Waals surface area contributed by atoms with Gasteiger partial charge in [0, 0.05) is 0 Å². The standard InChI is InChI=1S/C10H12BrNO3/c1-3-15-10(13)6-4-5-7(12)9(14-2)8(6)11/h4-5H,3,12H2,1-2H3. The number of hydrogen-bond donors (Lipinski definition) is 1. The first-order valence-electron chi connectivity index (χ1n) is 4.40. The van der Waals surface area contributed by atoms with Crippen LogP contribution in [0.25, 0.3) is 0 Å². The lowest BCUT2D eigenvalue weighted by molar-refractivity contribution is 0.0525. The number of hydrogen-bond acceptors (Lipinski definition) is 4. The van der Waals surface area contributed by atoms with Crippen LogP contribution < -0.4 is 10.5 Å². The highest BCUT2D eigenvalue weighted by molar-refractivity contribution is 9.10. The maximum atomic E-state index is 11.5. The third kappa shape index (κ3) is 2.41. The zero-order valence-electron chi connectivity index (χ0n) is 8.54. The highest BCUT2D eigenvalue weighted by atomic mass is 79.9. The Morgan fingerprint density at radius 2 is 2.20 bits per heavy atom. The molecule has 1 rings (SSSR count). The van der Waals surface area contributed by atoms with E-state index in [4.69, 9.17) is 15.2 Å². The van der Waals surface area contributed by atoms with E-state index in [9.17, 15) is 4.79 Å². The van der Waals surface area contributed by atoms with Crippen LogP contribution in [0.3, 0.4) is 0 Å². The molecule has 0 spiro atoms. The van der Waals surface area contributed by atoms with E-state index in [1.807, 2.05) is 0 Å². The lowest BCUT2D eigenvalue weighted by Gasteiger charge is -2.10. The molecule has 0 amide bonds. The molecule has 1 aromatic rings. The zero-order chi connectivity index (χ0) is 11.4. The van der Waals surface area contributed by atoms with Crippen LogP contribution in [-0.2, 0) is 4.74 Å². The van der Waals surface area contributed by atoms with Crippen molar-refractivity contribution in [1.82, 2.24) is 0 Å². The lowest BCUT2D eigenvalue weighted by Crippen LogP contribution is -2.07. The summed E-state index contributed by atoms with van der Waals surface area (Å²) >= 11 is 3.26. The fourth-order valence-electron chi connectivity index (χ4n) is 1.14. The Balaban J connectivity index is 3.15. The second-order valence-electron chi connectivity index (χ2n) is 2.77. The van der Waals surface area contributed by atoms with Gasteiger partial charge in [-0.05, 0) is 35.0 Å². The quantitative estimate of drug-likeness (QED) is 0.678. The molecule has 0 bridgehead atoms. The number of halogens is 1. The Morgan fingerprint density at radius 3 is 2.73 bits per heavy atom. The van der Waals surface area contributed by atoms with Gasteiger partial charge in [-0.15, -0.1) is 0 Å². The van der Waals surface area contributed by atoms with Gasteiger partial charge in [0.1, 0.15) is 0 Å². The third-order valence-corrected chi connectivity index (χ3v) is 2.61. The van der Waals surface area contributed by atoms with Crippen LogP contribution in [0.1, 0.15) is 17.3 Å². The van der Waals surface area contributed by atoms with Crippen LogP contribution in [-0.4, -0.2) is 19.7 Å². The molecule has 0 heterocycles. The Kier molecular flexibility index (Phi) is 3.96. The first-order valence-corrected chi connectivity index (χ1v) is 5.20. The van der Waals surface area contributed by atoms with Crippen molar-refractivity contribution in [3.63, 3.8) is 0 Å². The molecule has 1 aromatic carbocycles. The number of carbonyl (C=O) groups is 1. The van der Waals surface area contributed by atoms with Crippen molar-refractivity contribution in [2.75, 3.05) is 19.5 Å². The molecule has 5 heteroatoms. The first-order chi connectivity index (χ1) is 7.11. The molecule has 0 saturated heterocycles. The Morgan fingerprint density at radius 1 is 1.53 bits per heavy atom. The summed E-state index contributed by atoms with van der Waals surface area (Å²) in [6, 6.07) is 3.20. The third-order valence-electron chi connectivity index (χ3n) is 1.83. The molecule has 0 atom stereocenters. The Labute approximate surface area is 96.5 Å². The van der Waals surface area contributed by atoms with E-state index >= 15 is 0 Å². The average Bonchev–Trinajstić information content (AvgIpc) is 2.18. The minimum absolute atomic E-state index is 0.331. The minimum Gasteiger partial charge on any atom is -0.493 e. The van der Waals surface area contributed by atoms with Crippen LogP contribution in [0.4, 0.5) is 5.69 Å². The molecule has 0 aliphatic heterocycles. The predicted molar refractivity (Wildman–Crippen MR) is 61.1 cm³/mol. The highest BCUT2D eigenvalue weighted by Gasteiger charge is 2.16. The number of nitrogens with two attached hydrogens (primary N) is 1. The molecule has 0 aliphatic carbocycles. The maximum Gasteiger partial charge on any atom is 0.339 e. The van der Waals surface area contributed by atoms with E-state index in [1.165, 1.54) is 7.11 Å². The summed E-state index contributed by atoms with van der Waals surface area (Å²) in [5.41, 5.74) is 6.54. The lowest BCUT2D eigenvalue weighted by atomic mass is 10.2. The molecule has 4 nitrogen and oxygen atoms in total. The molecule has 0 radical (unpaired) electrons. The SMILES string of the molecule is CCOC(=O)c1ccc(N)c(OC)c1Br. The van der Waals surface area contributed by atoms with Gasteiger partial charge in [-0.25, -0.2) is 4.79 Å². The second-order valence-corrected chi connectivity index (χ2v) is 3.56. The van der Waals surface area contributed by atoms with Gasteiger partial charge in [0.15, 0.2) is 5.75 Å². The number of nitrogen functional groups attached to an aromatic ring is 1. The normalized spacial score (nSPS) is 9.80. The number of esters is 1. The van der Waals surface area contributed by atoms with E-state index < -0.39 is 5.97 Å². The number of anilines is 1. The zero-order valence-corrected chi connectivity index (χ0v) is 10.1. The van der Waals surface area contributed by atoms with Gasteiger partial charge >= 0.3 is 5.97 Å². The van der Waals surface area contributed by atoms with Crippen molar-refractivity contribution in [1.29, 1.82) is 0 Å². The molecule has 15 heavy (non-hydrogen) atoms. The maximum absolute atomic E-state index is 11.5. The molecule has 0 aromatic heterocycles. The number of ether oxygens (including phenoxy) is 2.